The van der Waals surface area contributed by atoms with Crippen LogP contribution >= 0.6 is 0 Å². The highest BCUT2D eigenvalue weighted by Crippen LogP contribution is 2.21. The van der Waals surface area contributed by atoms with E-state index in [1.165, 1.54) is 24.3 Å². The van der Waals surface area contributed by atoms with Crippen LogP contribution in [0.1, 0.15) is 52.4 Å². The number of likely N-dealkylation sites (tertiary alicyclic amines) is 1. The number of halogens is 2. The molecule has 384 valence electrons. The Hall–Kier alpha value is -6.49. The van der Waals surface area contributed by atoms with Crippen molar-refractivity contribution in [2.75, 3.05) is 108 Å². The molecule has 0 bridgehead atoms. The van der Waals surface area contributed by atoms with Crippen LogP contribution in [0.3, 0.4) is 0 Å². The van der Waals surface area contributed by atoms with Gasteiger partial charge >= 0.3 is 6.15 Å². The second-order valence-electron chi connectivity index (χ2n) is 17.3. The molecule has 0 radical (unpaired) electrons. The summed E-state index contributed by atoms with van der Waals surface area (Å²) < 4.78 is 26.3. The van der Waals surface area contributed by atoms with Gasteiger partial charge in [-0.3, -0.25) is 24.2 Å². The first-order valence-electron chi connectivity index (χ1n) is 24.2. The van der Waals surface area contributed by atoms with Crippen molar-refractivity contribution in [2.45, 2.75) is 70.6 Å². The van der Waals surface area contributed by atoms with E-state index in [4.69, 9.17) is 14.7 Å². The number of aromatic nitrogens is 6. The zero-order valence-corrected chi connectivity index (χ0v) is 40.5. The highest BCUT2D eigenvalue weighted by atomic mass is 19.1. The lowest BCUT2D eigenvalue weighted by Gasteiger charge is -2.35. The van der Waals surface area contributed by atoms with Crippen molar-refractivity contribution in [3.05, 3.63) is 72.6 Å². The normalized spacial score (nSPS) is 17.2. The first-order chi connectivity index (χ1) is 34.4. The van der Waals surface area contributed by atoms with Gasteiger partial charge in [0.1, 0.15) is 17.7 Å². The molecule has 3 amide bonds. The van der Waals surface area contributed by atoms with Crippen LogP contribution < -0.4 is 25.8 Å². The van der Waals surface area contributed by atoms with Crippen LogP contribution in [0.25, 0.3) is 22.5 Å². The predicted octanol–water partition coefficient (Wildman–Crippen LogP) is 1.15. The number of nitrogens with zero attached hydrogens (tertiary/aromatic N) is 11. The van der Waals surface area contributed by atoms with Gasteiger partial charge in [0.25, 0.3) is 5.91 Å². The van der Waals surface area contributed by atoms with Gasteiger partial charge in [-0.05, 0) is 100 Å². The Bertz CT molecular complexity index is 2270. The van der Waals surface area contributed by atoms with Crippen LogP contribution in [0, 0.1) is 11.6 Å². The number of anilines is 2. The van der Waals surface area contributed by atoms with Gasteiger partial charge in [0, 0.05) is 95.3 Å². The molecular formula is C48H66F2N14O7. The van der Waals surface area contributed by atoms with E-state index in [9.17, 15) is 28.3 Å². The maximum absolute atomic E-state index is 13.2. The number of rotatable bonds is 13. The fraction of sp³-hybridized carbons (Fsp3) is 0.542. The molecule has 4 fully saturated rings. The number of piperazine rings is 2. The molecule has 8 rings (SSSR count). The summed E-state index contributed by atoms with van der Waals surface area (Å²) in [6.45, 7) is 13.5. The van der Waals surface area contributed by atoms with Crippen molar-refractivity contribution < 1.29 is 43.0 Å². The van der Waals surface area contributed by atoms with Gasteiger partial charge in [-0.25, -0.2) is 18.7 Å². The van der Waals surface area contributed by atoms with E-state index >= 15 is 0 Å². The molecule has 23 heteroatoms. The molecule has 5 N–H and O–H groups in total. The lowest BCUT2D eigenvalue weighted by atomic mass is 10.0. The molecule has 4 aliphatic rings. The Labute approximate surface area is 412 Å². The smallest absolute Gasteiger partial charge is 0.373 e. The summed E-state index contributed by atoms with van der Waals surface area (Å²) in [7, 11) is 0. The van der Waals surface area contributed by atoms with Gasteiger partial charge in [-0.2, -0.15) is 19.8 Å². The number of aliphatic hydroxyl groups excluding tert-OH is 2. The third-order valence-electron chi connectivity index (χ3n) is 12.2. The number of benzene rings is 2. The van der Waals surface area contributed by atoms with Crippen LogP contribution in [-0.4, -0.2) is 196 Å². The molecule has 2 aromatic carbocycles. The number of hydrogen-bond acceptors (Lipinski definition) is 18. The fourth-order valence-electron chi connectivity index (χ4n) is 8.14. The zero-order chi connectivity index (χ0) is 51.0. The number of piperidine rings is 2. The van der Waals surface area contributed by atoms with Gasteiger partial charge in [0.05, 0.1) is 36.9 Å². The van der Waals surface area contributed by atoms with Gasteiger partial charge in [-0.15, -0.1) is 10.2 Å². The Morgan fingerprint density at radius 1 is 0.676 bits per heavy atom. The molecule has 4 aliphatic heterocycles. The maximum Gasteiger partial charge on any atom is 0.373 e. The topological polar surface area (TPSA) is 255 Å². The zero-order valence-electron chi connectivity index (χ0n) is 40.5. The molecule has 0 saturated carbocycles. The van der Waals surface area contributed by atoms with Crippen molar-refractivity contribution in [2.24, 2.45) is 0 Å². The molecule has 0 unspecified atom stereocenters. The number of amides is 3. The average Bonchev–Trinajstić information content (AvgIpc) is 3.40. The standard InChI is InChI=1S/C24H32FN7O3.C20H26FN7O.C3H8O.CO2/c1-2-21(33)23(35)31-9-7-19(8-10-31)27-22(34)16-30-11-13-32(14-12-30)24-28-20(15-26-29-24)17-3-5-18(25)6-4-17;21-16-3-1-15(2-4-16)18-13-23-26-20(25-18)28-11-9-27(10-12-28)14-19(29)24-17-5-7-22-8-6-17;1-2-3-4;2-1-3/h3-6,15,19,21,33H,2,7-14,16H2,1H3,(H,27,34);1-4,13,17,22H,5-12,14H2,(H,24,29);4H,2-3H2,1H3;/t21-;;;/m1.../s1. The number of carbonyl (C=O) groups is 3. The van der Waals surface area contributed by atoms with E-state index in [-0.39, 0.29) is 41.5 Å². The van der Waals surface area contributed by atoms with Gasteiger partial charge < -0.3 is 40.9 Å². The van der Waals surface area contributed by atoms with E-state index in [1.54, 1.807) is 48.5 Å². The number of nitrogens with one attached hydrogen (secondary N) is 3. The highest BCUT2D eigenvalue weighted by molar-refractivity contribution is 5.81. The Kier molecular flexibility index (Phi) is 23.1. The van der Waals surface area contributed by atoms with Crippen molar-refractivity contribution in [1.29, 1.82) is 0 Å². The lowest BCUT2D eigenvalue weighted by Crippen LogP contribution is -2.53. The predicted molar refractivity (Wildman–Crippen MR) is 258 cm³/mol. The molecule has 21 nitrogen and oxygen atoms in total. The minimum absolute atomic E-state index is 0.0203. The summed E-state index contributed by atoms with van der Waals surface area (Å²) in [5, 5.41) is 43.6. The number of aliphatic hydroxyl groups is 2. The van der Waals surface area contributed by atoms with Crippen LogP contribution in [-0.2, 0) is 24.0 Å². The maximum atomic E-state index is 13.2. The van der Waals surface area contributed by atoms with Crippen molar-refractivity contribution in [3.63, 3.8) is 0 Å². The molecule has 4 saturated heterocycles. The molecule has 0 aliphatic carbocycles. The summed E-state index contributed by atoms with van der Waals surface area (Å²) in [6, 6.07) is 12.6. The molecular weight excluding hydrogens is 923 g/mol. The molecule has 4 aromatic rings. The first-order valence-corrected chi connectivity index (χ1v) is 24.2. The van der Waals surface area contributed by atoms with Crippen molar-refractivity contribution in [3.8, 4) is 22.5 Å². The third-order valence-corrected chi connectivity index (χ3v) is 12.2. The van der Waals surface area contributed by atoms with Gasteiger partial charge in [0.2, 0.25) is 23.7 Å². The van der Waals surface area contributed by atoms with Gasteiger partial charge in [0.15, 0.2) is 0 Å². The van der Waals surface area contributed by atoms with Crippen LogP contribution in [0.15, 0.2) is 60.9 Å². The monoisotopic (exact) mass is 989 g/mol. The summed E-state index contributed by atoms with van der Waals surface area (Å²) in [4.78, 5) is 72.4. The number of hydrogen-bond donors (Lipinski definition) is 5. The largest absolute Gasteiger partial charge is 0.396 e. The quantitative estimate of drug-likeness (QED) is 0.126. The molecule has 0 spiro atoms. The highest BCUT2D eigenvalue weighted by Gasteiger charge is 2.28. The summed E-state index contributed by atoms with van der Waals surface area (Å²) in [6.07, 6.45) is 7.11. The van der Waals surface area contributed by atoms with E-state index in [0.717, 1.165) is 69.7 Å². The first kappa shape index (κ1) is 55.4. The summed E-state index contributed by atoms with van der Waals surface area (Å²) in [5.74, 6) is 0.350. The number of carbonyl (C=O) groups excluding carboxylic acids is 5. The Morgan fingerprint density at radius 3 is 1.45 bits per heavy atom. The Morgan fingerprint density at radius 2 is 1.07 bits per heavy atom. The van der Waals surface area contributed by atoms with Crippen LogP contribution in [0.4, 0.5) is 20.7 Å². The van der Waals surface area contributed by atoms with Crippen LogP contribution in [0.2, 0.25) is 0 Å². The average molecular weight is 989 g/mol. The molecule has 2 aromatic heterocycles. The second-order valence-corrected chi connectivity index (χ2v) is 17.3. The van der Waals surface area contributed by atoms with E-state index in [1.807, 2.05) is 11.8 Å². The van der Waals surface area contributed by atoms with E-state index < -0.39 is 6.10 Å². The third kappa shape index (κ3) is 18.3. The van der Waals surface area contributed by atoms with Gasteiger partial charge in [-0.1, -0.05) is 13.8 Å². The minimum Gasteiger partial charge on any atom is -0.396 e. The van der Waals surface area contributed by atoms with E-state index in [0.29, 0.717) is 108 Å². The van der Waals surface area contributed by atoms with Crippen LogP contribution in [0.5, 0.6) is 0 Å². The lowest BCUT2D eigenvalue weighted by molar-refractivity contribution is -0.191. The minimum atomic E-state index is -0.939. The molecule has 1 atom stereocenters. The summed E-state index contributed by atoms with van der Waals surface area (Å²) in [5.41, 5.74) is 2.87. The fourth-order valence-corrected chi connectivity index (χ4v) is 8.14. The summed E-state index contributed by atoms with van der Waals surface area (Å²) >= 11 is 0. The molecule has 6 heterocycles. The van der Waals surface area contributed by atoms with Crippen molar-refractivity contribution in [1.82, 2.24) is 61.0 Å². The SMILES string of the molecule is CCCO.CC[C@@H](O)C(=O)N1CCC(NC(=O)CN2CCN(c3nncc(-c4ccc(F)cc4)n3)CC2)CC1.O=C(CN1CCN(c2nncc(-c3ccc(F)cc3)n2)CC1)NC1CCNCC1.O=C=O. The second kappa shape index (κ2) is 29.6. The molecule has 71 heavy (non-hydrogen) atoms. The van der Waals surface area contributed by atoms with Crippen molar-refractivity contribution >= 4 is 35.8 Å². The Balaban J connectivity index is 0.000000236. The van der Waals surface area contributed by atoms with E-state index in [2.05, 4.69) is 61.0 Å².